The molecule has 1 aliphatic heterocycles. The Labute approximate surface area is 227 Å². The Kier molecular flexibility index (Phi) is 7.01. The number of carbonyl (C=O) groups excluding carboxylic acids is 1. The predicted molar refractivity (Wildman–Crippen MR) is 134 cm³/mol. The Hall–Kier alpha value is -3.22. The van der Waals surface area contributed by atoms with Crippen LogP contribution >= 0.6 is 0 Å². The second kappa shape index (κ2) is 9.42. The number of carboxylic acid groups (broad SMARTS) is 1. The smallest absolute Gasteiger partial charge is 0.426 e. The normalized spacial score (nSPS) is 24.6. The standard InChI is InChI=1S/C27H28F5NO6S/c1-24(2,3)39-23(36)33-14-20-18(22(34)35)11-12-26(20,40(37,38)17-8-6-16(28)7-9-17)19-10-5-15(13-21(19)33)25(4,29)27(30,31)32/h5-10,13,18,20H,11-12,14H2,1-4H3,(H,34,35)/t18-,20+,25?,26-/m1/s1. The summed E-state index contributed by atoms with van der Waals surface area (Å²) in [7, 11) is -4.54. The largest absolute Gasteiger partial charge is 0.481 e. The average Bonchev–Trinajstić information content (AvgIpc) is 3.23. The third-order valence-corrected chi connectivity index (χ3v) is 10.2. The molecule has 1 saturated carbocycles. The van der Waals surface area contributed by atoms with Gasteiger partial charge in [-0.05, 0) is 76.4 Å². The van der Waals surface area contributed by atoms with E-state index in [4.69, 9.17) is 4.74 Å². The highest BCUT2D eigenvalue weighted by Gasteiger charge is 2.64. The van der Waals surface area contributed by atoms with E-state index in [-0.39, 0.29) is 29.0 Å². The number of hydrogen-bond donors (Lipinski definition) is 1. The summed E-state index contributed by atoms with van der Waals surface area (Å²) in [6.07, 6.45) is -6.79. The number of ether oxygens (including phenoxy) is 1. The van der Waals surface area contributed by atoms with Gasteiger partial charge >= 0.3 is 18.2 Å². The number of sulfone groups is 1. The topological polar surface area (TPSA) is 101 Å². The Morgan fingerprint density at radius 1 is 1.02 bits per heavy atom. The van der Waals surface area contributed by atoms with Crippen molar-refractivity contribution < 1.29 is 49.8 Å². The Balaban J connectivity index is 2.04. The molecule has 0 aromatic heterocycles. The molecule has 0 radical (unpaired) electrons. The van der Waals surface area contributed by atoms with Crippen molar-refractivity contribution in [3.05, 3.63) is 59.4 Å². The molecule has 1 unspecified atom stereocenters. The molecule has 0 saturated heterocycles. The number of amides is 1. The lowest BCUT2D eigenvalue weighted by Crippen LogP contribution is -2.54. The van der Waals surface area contributed by atoms with Crippen LogP contribution in [0.5, 0.6) is 0 Å². The maximum atomic E-state index is 15.1. The van der Waals surface area contributed by atoms with Crippen molar-refractivity contribution in [1.82, 2.24) is 0 Å². The number of carbonyl (C=O) groups is 2. The zero-order chi connectivity index (χ0) is 30.1. The van der Waals surface area contributed by atoms with Crippen LogP contribution in [0.4, 0.5) is 32.4 Å². The summed E-state index contributed by atoms with van der Waals surface area (Å²) in [4.78, 5) is 26.1. The van der Waals surface area contributed by atoms with Gasteiger partial charge in [0.05, 0.1) is 16.5 Å². The van der Waals surface area contributed by atoms with Gasteiger partial charge in [-0.3, -0.25) is 9.69 Å². The van der Waals surface area contributed by atoms with E-state index in [1.165, 1.54) is 20.8 Å². The molecule has 40 heavy (non-hydrogen) atoms. The predicted octanol–water partition coefficient (Wildman–Crippen LogP) is 6.11. The van der Waals surface area contributed by atoms with Gasteiger partial charge < -0.3 is 9.84 Å². The summed E-state index contributed by atoms with van der Waals surface area (Å²) in [6.45, 7) is 4.37. The first-order valence-corrected chi connectivity index (χ1v) is 13.9. The third-order valence-electron chi connectivity index (χ3n) is 7.64. The van der Waals surface area contributed by atoms with Crippen molar-refractivity contribution in [1.29, 1.82) is 0 Å². The number of alkyl halides is 4. The quantitative estimate of drug-likeness (QED) is 0.341. The van der Waals surface area contributed by atoms with Crippen LogP contribution in [0, 0.1) is 17.7 Å². The van der Waals surface area contributed by atoms with E-state index >= 15 is 4.39 Å². The molecule has 1 fully saturated rings. The van der Waals surface area contributed by atoms with Crippen LogP contribution in [0.25, 0.3) is 0 Å². The highest BCUT2D eigenvalue weighted by molar-refractivity contribution is 7.92. The molecule has 1 N–H and O–H groups in total. The minimum atomic E-state index is -5.34. The summed E-state index contributed by atoms with van der Waals surface area (Å²) >= 11 is 0. The van der Waals surface area contributed by atoms with Gasteiger partial charge in [0, 0.05) is 18.0 Å². The first kappa shape index (κ1) is 29.8. The molecule has 7 nitrogen and oxygen atoms in total. The fraction of sp³-hybridized carbons (Fsp3) is 0.481. The molecule has 2 aromatic carbocycles. The lowest BCUT2D eigenvalue weighted by atomic mass is 9.78. The first-order valence-electron chi connectivity index (χ1n) is 12.4. The van der Waals surface area contributed by atoms with Gasteiger partial charge in [-0.15, -0.1) is 0 Å². The van der Waals surface area contributed by atoms with E-state index in [0.29, 0.717) is 6.92 Å². The number of halogens is 5. The summed E-state index contributed by atoms with van der Waals surface area (Å²) in [5, 5.41) is 9.99. The Morgan fingerprint density at radius 2 is 1.62 bits per heavy atom. The molecule has 0 spiro atoms. The van der Waals surface area contributed by atoms with Crippen LogP contribution in [0.15, 0.2) is 47.4 Å². The van der Waals surface area contributed by atoms with Crippen molar-refractivity contribution in [2.75, 3.05) is 11.4 Å². The number of aliphatic carboxylic acids is 1. The fourth-order valence-corrected chi connectivity index (χ4v) is 8.04. The maximum absolute atomic E-state index is 15.1. The van der Waals surface area contributed by atoms with Crippen molar-refractivity contribution >= 4 is 27.6 Å². The number of carboxylic acids is 1. The van der Waals surface area contributed by atoms with Crippen molar-refractivity contribution in [2.24, 2.45) is 11.8 Å². The van der Waals surface area contributed by atoms with Gasteiger partial charge in [0.2, 0.25) is 5.67 Å². The van der Waals surface area contributed by atoms with Crippen LogP contribution in [0.2, 0.25) is 0 Å². The second-order valence-electron chi connectivity index (χ2n) is 11.3. The average molecular weight is 590 g/mol. The van der Waals surface area contributed by atoms with E-state index in [2.05, 4.69) is 0 Å². The van der Waals surface area contributed by atoms with Gasteiger partial charge in [-0.25, -0.2) is 22.0 Å². The molecule has 0 bridgehead atoms. The van der Waals surface area contributed by atoms with Crippen molar-refractivity contribution in [3.63, 3.8) is 0 Å². The number of anilines is 1. The van der Waals surface area contributed by atoms with Crippen molar-refractivity contribution in [3.8, 4) is 0 Å². The molecule has 2 aromatic rings. The monoisotopic (exact) mass is 589 g/mol. The van der Waals surface area contributed by atoms with Crippen molar-refractivity contribution in [2.45, 2.75) is 67.6 Å². The number of benzene rings is 2. The molecule has 1 amide bonds. The summed E-state index contributed by atoms with van der Waals surface area (Å²) in [5.74, 6) is -4.55. The highest BCUT2D eigenvalue weighted by atomic mass is 32.2. The molecule has 2 aliphatic rings. The van der Waals surface area contributed by atoms with E-state index in [0.717, 1.165) is 47.4 Å². The number of hydrogen-bond acceptors (Lipinski definition) is 5. The van der Waals surface area contributed by atoms with Gasteiger partial charge in [-0.1, -0.05) is 12.1 Å². The highest BCUT2D eigenvalue weighted by Crippen LogP contribution is 2.60. The SMILES string of the molecule is CC(C)(C)OC(=O)N1C[C@H]2[C@H](C(=O)O)CC[C@@]2(S(=O)(=O)c2ccc(F)cc2)c2ccc(C(C)(F)C(F)(F)F)cc21. The van der Waals surface area contributed by atoms with Gasteiger partial charge in [0.1, 0.15) is 16.2 Å². The number of nitrogens with zero attached hydrogens (tertiary/aromatic N) is 1. The molecule has 4 atom stereocenters. The lowest BCUT2D eigenvalue weighted by Gasteiger charge is -2.46. The zero-order valence-corrected chi connectivity index (χ0v) is 22.9. The van der Waals surface area contributed by atoms with Gasteiger partial charge in [0.25, 0.3) is 0 Å². The molecule has 13 heteroatoms. The number of rotatable bonds is 4. The van der Waals surface area contributed by atoms with Crippen LogP contribution in [-0.4, -0.2) is 43.9 Å². The Bertz CT molecular complexity index is 1450. The number of fused-ring (bicyclic) bond motifs is 3. The summed E-state index contributed by atoms with van der Waals surface area (Å²) in [5.41, 5.74) is -6.32. The molecule has 4 rings (SSSR count). The minimum absolute atomic E-state index is 0.132. The summed E-state index contributed by atoms with van der Waals surface area (Å²) in [6, 6.07) is 6.42. The summed E-state index contributed by atoms with van der Waals surface area (Å²) < 4.78 is 102. The van der Waals surface area contributed by atoms with Crippen LogP contribution in [-0.2, 0) is 29.8 Å². The molecule has 218 valence electrons. The van der Waals surface area contributed by atoms with Crippen LogP contribution in [0.3, 0.4) is 0 Å². The molecule has 1 heterocycles. The maximum Gasteiger partial charge on any atom is 0.426 e. The lowest BCUT2D eigenvalue weighted by molar-refractivity contribution is -0.228. The van der Waals surface area contributed by atoms with E-state index in [9.17, 15) is 40.7 Å². The van der Waals surface area contributed by atoms with E-state index in [1.54, 1.807) is 0 Å². The third kappa shape index (κ3) is 4.61. The van der Waals surface area contributed by atoms with Crippen LogP contribution < -0.4 is 4.90 Å². The zero-order valence-electron chi connectivity index (χ0n) is 22.1. The van der Waals surface area contributed by atoms with Gasteiger partial charge in [0.15, 0.2) is 9.84 Å². The fourth-order valence-electron chi connectivity index (χ4n) is 5.64. The Morgan fingerprint density at radius 3 is 2.15 bits per heavy atom. The molecular weight excluding hydrogens is 561 g/mol. The van der Waals surface area contributed by atoms with Gasteiger partial charge in [-0.2, -0.15) is 13.2 Å². The second-order valence-corrected chi connectivity index (χ2v) is 13.5. The molecule has 1 aliphatic carbocycles. The molecular formula is C27H28F5NO6S. The first-order chi connectivity index (χ1) is 18.2. The van der Waals surface area contributed by atoms with E-state index in [1.807, 2.05) is 0 Å². The van der Waals surface area contributed by atoms with E-state index < -0.39 is 73.9 Å². The van der Waals surface area contributed by atoms with Crippen LogP contribution in [0.1, 0.15) is 51.7 Å². The minimum Gasteiger partial charge on any atom is -0.481 e.